The third kappa shape index (κ3) is 6.27. The molecule has 0 saturated carbocycles. The molecule has 0 radical (unpaired) electrons. The van der Waals surface area contributed by atoms with E-state index in [1.807, 2.05) is 0 Å². The molecule has 1 saturated heterocycles. The van der Waals surface area contributed by atoms with Crippen molar-refractivity contribution in [1.82, 2.24) is 4.90 Å². The van der Waals surface area contributed by atoms with Gasteiger partial charge in [0, 0.05) is 25.2 Å². The molecular weight excluding hydrogens is 188 g/mol. The van der Waals surface area contributed by atoms with Crippen molar-refractivity contribution in [2.24, 2.45) is 5.73 Å². The first kappa shape index (κ1) is 13.2. The summed E-state index contributed by atoms with van der Waals surface area (Å²) < 4.78 is 5.26. The standard InChI is InChI=1S/C9H20N2O.ClH/c1-9(2,10)3-4-11-5-7-12-8-6-11;/h3-8,10H2,1-2H3;1H. The van der Waals surface area contributed by atoms with E-state index < -0.39 is 0 Å². The summed E-state index contributed by atoms with van der Waals surface area (Å²) in [5, 5.41) is 0. The van der Waals surface area contributed by atoms with Crippen LogP contribution in [0.25, 0.3) is 0 Å². The molecule has 0 atom stereocenters. The average molecular weight is 209 g/mol. The highest BCUT2D eigenvalue weighted by atomic mass is 35.5. The van der Waals surface area contributed by atoms with Gasteiger partial charge in [-0.15, -0.1) is 12.4 Å². The van der Waals surface area contributed by atoms with E-state index >= 15 is 0 Å². The minimum Gasteiger partial charge on any atom is -0.379 e. The highest BCUT2D eigenvalue weighted by Gasteiger charge is 2.15. The van der Waals surface area contributed by atoms with Crippen molar-refractivity contribution >= 4 is 12.4 Å². The van der Waals surface area contributed by atoms with Crippen LogP contribution in [0.4, 0.5) is 0 Å². The molecule has 1 fully saturated rings. The second-order valence-corrected chi connectivity index (χ2v) is 4.19. The first-order valence-electron chi connectivity index (χ1n) is 4.67. The van der Waals surface area contributed by atoms with Crippen molar-refractivity contribution in [2.75, 3.05) is 32.8 Å². The Morgan fingerprint density at radius 3 is 2.31 bits per heavy atom. The van der Waals surface area contributed by atoms with Crippen molar-refractivity contribution in [2.45, 2.75) is 25.8 Å². The summed E-state index contributed by atoms with van der Waals surface area (Å²) >= 11 is 0. The smallest absolute Gasteiger partial charge is 0.0594 e. The number of ether oxygens (including phenoxy) is 1. The summed E-state index contributed by atoms with van der Waals surface area (Å²) in [5.41, 5.74) is 5.87. The quantitative estimate of drug-likeness (QED) is 0.748. The first-order chi connectivity index (χ1) is 5.58. The van der Waals surface area contributed by atoms with Crippen LogP contribution in [0.5, 0.6) is 0 Å². The highest BCUT2D eigenvalue weighted by Crippen LogP contribution is 2.06. The van der Waals surface area contributed by atoms with Gasteiger partial charge in [0.25, 0.3) is 0 Å². The number of hydrogen-bond donors (Lipinski definition) is 1. The van der Waals surface area contributed by atoms with Crippen LogP contribution < -0.4 is 5.73 Å². The maximum Gasteiger partial charge on any atom is 0.0594 e. The topological polar surface area (TPSA) is 38.5 Å². The Balaban J connectivity index is 0.00000144. The largest absolute Gasteiger partial charge is 0.379 e. The molecular formula is C9H21ClN2O. The molecule has 3 nitrogen and oxygen atoms in total. The molecule has 1 rings (SSSR count). The molecule has 0 bridgehead atoms. The fourth-order valence-electron chi connectivity index (χ4n) is 1.27. The summed E-state index contributed by atoms with van der Waals surface area (Å²) in [4.78, 5) is 2.41. The fraction of sp³-hybridized carbons (Fsp3) is 1.00. The van der Waals surface area contributed by atoms with Gasteiger partial charge in [0.2, 0.25) is 0 Å². The number of hydrogen-bond acceptors (Lipinski definition) is 3. The van der Waals surface area contributed by atoms with E-state index in [-0.39, 0.29) is 17.9 Å². The number of morpholine rings is 1. The lowest BCUT2D eigenvalue weighted by atomic mass is 10.0. The molecule has 1 aliphatic heterocycles. The Morgan fingerprint density at radius 2 is 1.85 bits per heavy atom. The zero-order chi connectivity index (χ0) is 9.03. The molecule has 0 aromatic heterocycles. The number of halogens is 1. The molecule has 2 N–H and O–H groups in total. The fourth-order valence-corrected chi connectivity index (χ4v) is 1.27. The predicted octanol–water partition coefficient (Wildman–Crippen LogP) is 0.868. The van der Waals surface area contributed by atoms with E-state index in [1.165, 1.54) is 0 Å². The van der Waals surface area contributed by atoms with Crippen molar-refractivity contribution < 1.29 is 4.74 Å². The number of nitrogens with two attached hydrogens (primary N) is 1. The molecule has 1 heterocycles. The van der Waals surface area contributed by atoms with Gasteiger partial charge in [0.15, 0.2) is 0 Å². The summed E-state index contributed by atoms with van der Waals surface area (Å²) in [7, 11) is 0. The van der Waals surface area contributed by atoms with Crippen molar-refractivity contribution in [3.8, 4) is 0 Å². The molecule has 0 aliphatic carbocycles. The maximum atomic E-state index is 5.89. The van der Waals surface area contributed by atoms with Crippen LogP contribution in [-0.2, 0) is 4.74 Å². The van der Waals surface area contributed by atoms with Crippen molar-refractivity contribution in [3.63, 3.8) is 0 Å². The van der Waals surface area contributed by atoms with E-state index in [1.54, 1.807) is 0 Å². The lowest BCUT2D eigenvalue weighted by molar-refractivity contribution is 0.0352. The monoisotopic (exact) mass is 208 g/mol. The Morgan fingerprint density at radius 1 is 1.31 bits per heavy atom. The Kier molecular flexibility index (Phi) is 5.88. The normalized spacial score (nSPS) is 19.6. The Labute approximate surface area is 87.0 Å². The third-order valence-corrected chi connectivity index (χ3v) is 2.18. The Bertz CT molecular complexity index is 130. The SMILES string of the molecule is CC(C)(N)CCN1CCOCC1.Cl. The van der Waals surface area contributed by atoms with Crippen LogP contribution >= 0.6 is 12.4 Å². The second-order valence-electron chi connectivity index (χ2n) is 4.19. The zero-order valence-corrected chi connectivity index (χ0v) is 9.40. The van der Waals surface area contributed by atoms with Gasteiger partial charge < -0.3 is 10.5 Å². The summed E-state index contributed by atoms with van der Waals surface area (Å²) in [6.45, 7) is 9.15. The van der Waals surface area contributed by atoms with Gasteiger partial charge in [-0.1, -0.05) is 0 Å². The maximum absolute atomic E-state index is 5.89. The summed E-state index contributed by atoms with van der Waals surface area (Å²) in [6, 6.07) is 0. The molecule has 0 aromatic carbocycles. The minimum absolute atomic E-state index is 0. The van der Waals surface area contributed by atoms with E-state index in [2.05, 4.69) is 18.7 Å². The number of rotatable bonds is 3. The van der Waals surface area contributed by atoms with Crippen LogP contribution in [0.2, 0.25) is 0 Å². The van der Waals surface area contributed by atoms with E-state index in [0.29, 0.717) is 0 Å². The molecule has 0 spiro atoms. The van der Waals surface area contributed by atoms with Crippen LogP contribution in [0.1, 0.15) is 20.3 Å². The van der Waals surface area contributed by atoms with Crippen LogP contribution in [-0.4, -0.2) is 43.3 Å². The van der Waals surface area contributed by atoms with Gasteiger partial charge in [-0.3, -0.25) is 4.90 Å². The molecule has 0 unspecified atom stereocenters. The molecule has 1 aliphatic rings. The van der Waals surface area contributed by atoms with Crippen LogP contribution in [0.3, 0.4) is 0 Å². The van der Waals surface area contributed by atoms with Crippen molar-refractivity contribution in [1.29, 1.82) is 0 Å². The molecule has 0 aromatic rings. The van der Waals surface area contributed by atoms with Gasteiger partial charge in [-0.25, -0.2) is 0 Å². The van der Waals surface area contributed by atoms with E-state index in [9.17, 15) is 0 Å². The third-order valence-electron chi connectivity index (χ3n) is 2.18. The molecule has 13 heavy (non-hydrogen) atoms. The van der Waals surface area contributed by atoms with Crippen LogP contribution in [0, 0.1) is 0 Å². The highest BCUT2D eigenvalue weighted by molar-refractivity contribution is 5.85. The lowest BCUT2D eigenvalue weighted by Crippen LogP contribution is -2.41. The van der Waals surface area contributed by atoms with Gasteiger partial charge >= 0.3 is 0 Å². The summed E-state index contributed by atoms with van der Waals surface area (Å²) in [5.74, 6) is 0. The predicted molar refractivity (Wildman–Crippen MR) is 57.4 cm³/mol. The summed E-state index contributed by atoms with van der Waals surface area (Å²) in [6.07, 6.45) is 1.06. The average Bonchev–Trinajstić information content (AvgIpc) is 2.02. The zero-order valence-electron chi connectivity index (χ0n) is 8.58. The van der Waals surface area contributed by atoms with Gasteiger partial charge in [0.1, 0.15) is 0 Å². The lowest BCUT2D eigenvalue weighted by Gasteiger charge is -2.29. The molecule has 80 valence electrons. The minimum atomic E-state index is -0.0295. The first-order valence-corrected chi connectivity index (χ1v) is 4.67. The van der Waals surface area contributed by atoms with E-state index in [4.69, 9.17) is 10.5 Å². The van der Waals surface area contributed by atoms with Crippen molar-refractivity contribution in [3.05, 3.63) is 0 Å². The van der Waals surface area contributed by atoms with E-state index in [0.717, 1.165) is 39.3 Å². The molecule has 4 heteroatoms. The van der Waals surface area contributed by atoms with Gasteiger partial charge in [-0.2, -0.15) is 0 Å². The Hall–Kier alpha value is 0.170. The van der Waals surface area contributed by atoms with Crippen LogP contribution in [0.15, 0.2) is 0 Å². The molecule has 0 amide bonds. The second kappa shape index (κ2) is 5.81. The van der Waals surface area contributed by atoms with Gasteiger partial charge in [-0.05, 0) is 20.3 Å². The van der Waals surface area contributed by atoms with Gasteiger partial charge in [0.05, 0.1) is 13.2 Å². The number of nitrogens with zero attached hydrogens (tertiary/aromatic N) is 1.